The summed E-state index contributed by atoms with van der Waals surface area (Å²) in [5.74, 6) is 0. The monoisotopic (exact) mass is 303 g/mol. The summed E-state index contributed by atoms with van der Waals surface area (Å²) in [5.41, 5.74) is 5.98. The summed E-state index contributed by atoms with van der Waals surface area (Å²) in [6, 6.07) is 18.1. The van der Waals surface area contributed by atoms with Gasteiger partial charge in [-0.2, -0.15) is 0 Å². The van der Waals surface area contributed by atoms with E-state index in [1.807, 2.05) is 56.6 Å². The highest BCUT2D eigenvalue weighted by Crippen LogP contribution is 2.52. The maximum Gasteiger partial charge on any atom is 0.212 e. The number of pyridine rings is 1. The standard InChI is InChI=1S/C22H22N/c1-15-12-13-17-16-9-5-6-10-18(16)22(2,3)21(17)20(15)19-11-7-8-14-23(19)4/h5-14H,1-4H3/q+1/i2D3. The third-order valence-corrected chi connectivity index (χ3v) is 4.98. The minimum Gasteiger partial charge on any atom is -0.201 e. The van der Waals surface area contributed by atoms with Gasteiger partial charge in [0.1, 0.15) is 7.05 Å². The quantitative estimate of drug-likeness (QED) is 0.569. The number of aromatic nitrogens is 1. The van der Waals surface area contributed by atoms with Crippen LogP contribution in [0, 0.1) is 6.92 Å². The zero-order valence-electron chi connectivity index (χ0n) is 16.7. The van der Waals surface area contributed by atoms with E-state index >= 15 is 0 Å². The largest absolute Gasteiger partial charge is 0.212 e. The second-order valence-corrected chi connectivity index (χ2v) is 6.55. The SMILES string of the molecule is [2H]C([2H])([2H])C1(C)c2ccccc2-c2ccc(C)c(-c3cccc[n+]3C)c21. The molecular formula is C22H22N+. The molecule has 0 saturated heterocycles. The highest BCUT2D eigenvalue weighted by atomic mass is 14.9. The summed E-state index contributed by atoms with van der Waals surface area (Å²) in [6.45, 7) is 1.78. The van der Waals surface area contributed by atoms with Crippen molar-refractivity contribution in [1.82, 2.24) is 0 Å². The molecule has 2 aromatic carbocycles. The van der Waals surface area contributed by atoms with Gasteiger partial charge in [-0.1, -0.05) is 50.2 Å². The molecule has 4 rings (SSSR count). The first-order valence-corrected chi connectivity index (χ1v) is 7.96. The van der Waals surface area contributed by atoms with Gasteiger partial charge in [0.05, 0.1) is 5.56 Å². The van der Waals surface area contributed by atoms with Crippen LogP contribution in [0.3, 0.4) is 0 Å². The molecule has 1 aliphatic carbocycles. The van der Waals surface area contributed by atoms with Crippen molar-refractivity contribution in [3.63, 3.8) is 0 Å². The smallest absolute Gasteiger partial charge is 0.201 e. The average molecular weight is 303 g/mol. The Balaban J connectivity index is 2.18. The number of aryl methyl sites for hydroxylation is 2. The van der Waals surface area contributed by atoms with Gasteiger partial charge >= 0.3 is 0 Å². The van der Waals surface area contributed by atoms with E-state index in [-0.39, 0.29) is 0 Å². The lowest BCUT2D eigenvalue weighted by Gasteiger charge is -2.24. The fraction of sp³-hybridized carbons (Fsp3) is 0.227. The van der Waals surface area contributed by atoms with Crippen LogP contribution in [-0.2, 0) is 12.5 Å². The van der Waals surface area contributed by atoms with Gasteiger partial charge < -0.3 is 0 Å². The number of rotatable bonds is 1. The van der Waals surface area contributed by atoms with E-state index in [4.69, 9.17) is 4.11 Å². The highest BCUT2D eigenvalue weighted by Gasteiger charge is 2.39. The molecule has 3 aromatic rings. The van der Waals surface area contributed by atoms with Gasteiger partial charge in [0.15, 0.2) is 6.20 Å². The molecule has 1 aliphatic rings. The van der Waals surface area contributed by atoms with Crippen molar-refractivity contribution in [3.05, 3.63) is 77.5 Å². The van der Waals surface area contributed by atoms with Crippen molar-refractivity contribution in [3.8, 4) is 22.4 Å². The summed E-state index contributed by atoms with van der Waals surface area (Å²) in [4.78, 5) is 0. The Morgan fingerprint density at radius 1 is 0.957 bits per heavy atom. The van der Waals surface area contributed by atoms with Crippen molar-refractivity contribution < 1.29 is 8.68 Å². The summed E-state index contributed by atoms with van der Waals surface area (Å²) < 4.78 is 27.3. The van der Waals surface area contributed by atoms with Crippen LogP contribution < -0.4 is 4.57 Å². The van der Waals surface area contributed by atoms with E-state index in [2.05, 4.69) is 29.7 Å². The van der Waals surface area contributed by atoms with Gasteiger partial charge in [-0.15, -0.1) is 0 Å². The van der Waals surface area contributed by atoms with E-state index in [9.17, 15) is 0 Å². The predicted octanol–water partition coefficient (Wildman–Crippen LogP) is 4.79. The zero-order valence-corrected chi connectivity index (χ0v) is 13.7. The van der Waals surface area contributed by atoms with Gasteiger partial charge in [0.25, 0.3) is 0 Å². The summed E-state index contributed by atoms with van der Waals surface area (Å²) in [7, 11) is 2.00. The first-order chi connectivity index (χ1) is 12.3. The van der Waals surface area contributed by atoms with Crippen molar-refractivity contribution >= 4 is 0 Å². The van der Waals surface area contributed by atoms with Crippen LogP contribution in [0.1, 0.15) is 34.6 Å². The van der Waals surface area contributed by atoms with Crippen LogP contribution in [0.4, 0.5) is 0 Å². The molecule has 1 nitrogen and oxygen atoms in total. The maximum atomic E-state index is 8.40. The minimum absolute atomic E-state index is 0.889. The summed E-state index contributed by atoms with van der Waals surface area (Å²) in [6.07, 6.45) is 2.00. The second-order valence-electron chi connectivity index (χ2n) is 6.55. The van der Waals surface area contributed by atoms with Crippen molar-refractivity contribution in [2.75, 3.05) is 0 Å². The van der Waals surface area contributed by atoms with E-state index in [1.54, 1.807) is 0 Å². The van der Waals surface area contributed by atoms with Gasteiger partial charge in [0, 0.05) is 21.7 Å². The molecule has 1 heterocycles. The molecule has 0 N–H and O–H groups in total. The second kappa shape index (κ2) is 4.79. The normalized spacial score (nSPS) is 21.1. The Hall–Kier alpha value is -2.41. The Bertz CT molecular complexity index is 1020. The molecule has 0 fully saturated rings. The molecule has 1 heteroatoms. The Labute approximate surface area is 142 Å². The average Bonchev–Trinajstić information content (AvgIpc) is 2.87. The van der Waals surface area contributed by atoms with Crippen LogP contribution in [0.25, 0.3) is 22.4 Å². The topological polar surface area (TPSA) is 3.88 Å². The molecule has 0 bridgehead atoms. The van der Waals surface area contributed by atoms with E-state index < -0.39 is 12.3 Å². The fourth-order valence-corrected chi connectivity index (χ4v) is 3.85. The van der Waals surface area contributed by atoms with E-state index in [1.165, 1.54) is 0 Å². The Kier molecular flexibility index (Phi) is 2.33. The lowest BCUT2D eigenvalue weighted by molar-refractivity contribution is -0.660. The molecule has 114 valence electrons. The van der Waals surface area contributed by atoms with Crippen LogP contribution in [-0.4, -0.2) is 0 Å². The number of benzene rings is 2. The molecule has 1 atom stereocenters. The third kappa shape index (κ3) is 1.89. The summed E-state index contributed by atoms with van der Waals surface area (Å²) >= 11 is 0. The maximum absolute atomic E-state index is 8.40. The molecular weight excluding hydrogens is 278 g/mol. The molecule has 23 heavy (non-hydrogen) atoms. The van der Waals surface area contributed by atoms with Crippen molar-refractivity contribution in [1.29, 1.82) is 0 Å². The van der Waals surface area contributed by atoms with E-state index in [0.717, 1.165) is 39.1 Å². The Morgan fingerprint density at radius 3 is 2.52 bits per heavy atom. The van der Waals surface area contributed by atoms with Crippen LogP contribution in [0.5, 0.6) is 0 Å². The van der Waals surface area contributed by atoms with Crippen molar-refractivity contribution in [2.24, 2.45) is 7.05 Å². The molecule has 0 spiro atoms. The van der Waals surface area contributed by atoms with Crippen LogP contribution >= 0.6 is 0 Å². The lowest BCUT2D eigenvalue weighted by Crippen LogP contribution is -2.31. The zero-order chi connectivity index (χ0) is 18.7. The Morgan fingerprint density at radius 2 is 1.74 bits per heavy atom. The first-order valence-electron chi connectivity index (χ1n) is 9.46. The number of nitrogens with zero attached hydrogens (tertiary/aromatic N) is 1. The van der Waals surface area contributed by atoms with Gasteiger partial charge in [-0.25, -0.2) is 4.57 Å². The highest BCUT2D eigenvalue weighted by molar-refractivity contribution is 5.88. The first kappa shape index (κ1) is 11.2. The molecule has 0 amide bonds. The van der Waals surface area contributed by atoms with Crippen molar-refractivity contribution in [2.45, 2.75) is 26.1 Å². The van der Waals surface area contributed by atoms with Gasteiger partial charge in [0.2, 0.25) is 5.69 Å². The molecule has 0 saturated carbocycles. The fourth-order valence-electron chi connectivity index (χ4n) is 3.85. The van der Waals surface area contributed by atoms with Gasteiger partial charge in [-0.05, 0) is 40.8 Å². The summed E-state index contributed by atoms with van der Waals surface area (Å²) in [5, 5.41) is 0. The minimum atomic E-state index is -2.15. The number of fused-ring (bicyclic) bond motifs is 3. The lowest BCUT2D eigenvalue weighted by atomic mass is 9.78. The molecule has 0 radical (unpaired) electrons. The molecule has 0 aliphatic heterocycles. The van der Waals surface area contributed by atoms with E-state index in [0.29, 0.717) is 0 Å². The third-order valence-electron chi connectivity index (χ3n) is 4.98. The predicted molar refractivity (Wildman–Crippen MR) is 95.4 cm³/mol. The molecule has 1 unspecified atom stereocenters. The van der Waals surface area contributed by atoms with Gasteiger partial charge in [-0.3, -0.25) is 0 Å². The number of hydrogen-bond acceptors (Lipinski definition) is 0. The van der Waals surface area contributed by atoms with Crippen LogP contribution in [0.2, 0.25) is 0 Å². The number of hydrogen-bond donors (Lipinski definition) is 0. The van der Waals surface area contributed by atoms with Crippen LogP contribution in [0.15, 0.2) is 60.8 Å². The molecule has 1 aromatic heterocycles.